The fourth-order valence-electron chi connectivity index (χ4n) is 3.60. The molecule has 1 aliphatic heterocycles. The molecule has 0 bridgehead atoms. The number of nitrogens with one attached hydrogen (secondary N) is 1. The summed E-state index contributed by atoms with van der Waals surface area (Å²) < 4.78 is 5.79. The molecule has 31 heavy (non-hydrogen) atoms. The van der Waals surface area contributed by atoms with Crippen molar-refractivity contribution in [2.45, 2.75) is 26.3 Å². The maximum absolute atomic E-state index is 10.1. The van der Waals surface area contributed by atoms with Gasteiger partial charge in [0.25, 0.3) is 0 Å². The molecule has 2 fully saturated rings. The van der Waals surface area contributed by atoms with Crippen molar-refractivity contribution >= 4 is 35.6 Å². The first-order valence-electron chi connectivity index (χ1n) is 10.9. The Balaban J connectivity index is 0.00000272. The van der Waals surface area contributed by atoms with Crippen molar-refractivity contribution in [3.63, 3.8) is 0 Å². The average molecular weight is 537 g/mol. The van der Waals surface area contributed by atoms with Crippen LogP contribution >= 0.6 is 24.0 Å². The van der Waals surface area contributed by atoms with Gasteiger partial charge in [-0.25, -0.2) is 9.98 Å². The fourth-order valence-corrected chi connectivity index (χ4v) is 3.60. The van der Waals surface area contributed by atoms with Crippen LogP contribution in [0.4, 0.5) is 5.69 Å². The highest BCUT2D eigenvalue weighted by Crippen LogP contribution is 2.29. The van der Waals surface area contributed by atoms with Crippen LogP contribution in [0, 0.1) is 5.92 Å². The number of pyridine rings is 1. The molecule has 1 aromatic heterocycles. The van der Waals surface area contributed by atoms with Gasteiger partial charge in [-0.2, -0.15) is 0 Å². The molecule has 1 saturated heterocycles. The number of phenolic OH excluding ortho intramolecular Hbond substituents is 1. The summed E-state index contributed by atoms with van der Waals surface area (Å²) in [7, 11) is 0. The van der Waals surface area contributed by atoms with Gasteiger partial charge in [-0.15, -0.1) is 24.0 Å². The predicted molar refractivity (Wildman–Crippen MR) is 135 cm³/mol. The van der Waals surface area contributed by atoms with Gasteiger partial charge in [0.15, 0.2) is 5.96 Å². The number of nitrogens with zero attached hydrogens (tertiary/aromatic N) is 4. The fraction of sp³-hybridized carbons (Fsp3) is 0.478. The molecule has 8 heteroatoms. The minimum Gasteiger partial charge on any atom is -0.506 e. The Morgan fingerprint density at radius 3 is 2.68 bits per heavy atom. The number of halogens is 1. The Morgan fingerprint density at radius 1 is 1.19 bits per heavy atom. The van der Waals surface area contributed by atoms with Crippen LogP contribution in [0.25, 0.3) is 0 Å². The minimum absolute atomic E-state index is 0. The zero-order valence-electron chi connectivity index (χ0n) is 18.0. The Morgan fingerprint density at radius 2 is 1.97 bits per heavy atom. The van der Waals surface area contributed by atoms with Gasteiger partial charge in [0.1, 0.15) is 5.75 Å². The number of aromatic nitrogens is 1. The number of rotatable bonds is 7. The number of ether oxygens (including phenoxy) is 1. The number of aliphatic imine (C=N–C) groups is 1. The lowest BCUT2D eigenvalue weighted by Gasteiger charge is -2.37. The summed E-state index contributed by atoms with van der Waals surface area (Å²) in [6.45, 7) is 7.66. The van der Waals surface area contributed by atoms with E-state index in [2.05, 4.69) is 27.0 Å². The molecule has 4 rings (SSSR count). The van der Waals surface area contributed by atoms with Gasteiger partial charge in [0, 0.05) is 45.0 Å². The van der Waals surface area contributed by atoms with E-state index >= 15 is 0 Å². The van der Waals surface area contributed by atoms with Gasteiger partial charge in [-0.05, 0) is 49.4 Å². The molecule has 0 atom stereocenters. The minimum atomic E-state index is 0. The van der Waals surface area contributed by atoms with Gasteiger partial charge in [-0.1, -0.05) is 12.1 Å². The van der Waals surface area contributed by atoms with Crippen LogP contribution in [0.1, 0.15) is 25.3 Å². The zero-order chi connectivity index (χ0) is 20.8. The summed E-state index contributed by atoms with van der Waals surface area (Å²) in [6, 6.07) is 11.5. The largest absolute Gasteiger partial charge is 0.506 e. The van der Waals surface area contributed by atoms with Gasteiger partial charge in [0.2, 0.25) is 5.88 Å². The number of guanidine groups is 1. The number of phenols is 1. The van der Waals surface area contributed by atoms with Crippen molar-refractivity contribution < 1.29 is 9.84 Å². The zero-order valence-corrected chi connectivity index (χ0v) is 20.4. The number of anilines is 1. The second-order valence-electron chi connectivity index (χ2n) is 7.89. The molecule has 2 aromatic rings. The number of aromatic hydroxyl groups is 1. The Hall–Kier alpha value is -2.23. The third-order valence-corrected chi connectivity index (χ3v) is 5.51. The van der Waals surface area contributed by atoms with Gasteiger partial charge >= 0.3 is 0 Å². The summed E-state index contributed by atoms with van der Waals surface area (Å²) in [5.41, 5.74) is 1.99. The van der Waals surface area contributed by atoms with E-state index in [9.17, 15) is 5.11 Å². The first-order valence-corrected chi connectivity index (χ1v) is 10.9. The number of piperazine rings is 1. The van der Waals surface area contributed by atoms with Crippen molar-refractivity contribution in [3.05, 3.63) is 48.2 Å². The quantitative estimate of drug-likeness (QED) is 0.320. The van der Waals surface area contributed by atoms with Gasteiger partial charge in [-0.3, -0.25) is 0 Å². The highest BCUT2D eigenvalue weighted by Gasteiger charge is 2.22. The summed E-state index contributed by atoms with van der Waals surface area (Å²) in [4.78, 5) is 13.7. The number of hydrogen-bond donors (Lipinski definition) is 2. The molecular weight excluding hydrogens is 505 g/mol. The number of benzene rings is 1. The van der Waals surface area contributed by atoms with Crippen LogP contribution in [0.5, 0.6) is 11.6 Å². The van der Waals surface area contributed by atoms with Gasteiger partial charge in [0.05, 0.1) is 18.8 Å². The molecule has 168 valence electrons. The van der Waals surface area contributed by atoms with E-state index in [-0.39, 0.29) is 24.0 Å². The maximum Gasteiger partial charge on any atom is 0.213 e. The third-order valence-electron chi connectivity index (χ3n) is 5.51. The Kier molecular flexibility index (Phi) is 8.62. The summed E-state index contributed by atoms with van der Waals surface area (Å²) >= 11 is 0. The summed E-state index contributed by atoms with van der Waals surface area (Å²) in [6.07, 6.45) is 4.34. The van der Waals surface area contributed by atoms with E-state index < -0.39 is 0 Å². The topological polar surface area (TPSA) is 73.2 Å². The van der Waals surface area contributed by atoms with Crippen LogP contribution in [0.2, 0.25) is 0 Å². The standard InChI is InChI=1S/C23H31N5O2.HI/c1-2-24-23(26-16-19-9-10-25-22(15-19)30-17-18-7-8-18)28-13-11-27(12-14-28)20-5-3-4-6-21(20)29;/h3-6,9-10,15,18,29H,2,7-8,11-14,16-17H2,1H3,(H,24,26);1H. The smallest absolute Gasteiger partial charge is 0.213 e. The van der Waals surface area contributed by atoms with E-state index in [1.54, 1.807) is 12.3 Å². The van der Waals surface area contributed by atoms with E-state index in [1.165, 1.54) is 12.8 Å². The number of hydrogen-bond acceptors (Lipinski definition) is 5. The van der Waals surface area contributed by atoms with Crippen molar-refractivity contribution in [1.29, 1.82) is 0 Å². The number of para-hydroxylation sites is 2. The second kappa shape index (κ2) is 11.4. The molecule has 2 heterocycles. The van der Waals surface area contributed by atoms with Crippen LogP contribution in [-0.4, -0.2) is 60.3 Å². The van der Waals surface area contributed by atoms with E-state index in [1.807, 2.05) is 30.3 Å². The Bertz CT molecular complexity index is 867. The lowest BCUT2D eigenvalue weighted by Crippen LogP contribution is -2.52. The highest BCUT2D eigenvalue weighted by atomic mass is 127. The molecule has 0 radical (unpaired) electrons. The van der Waals surface area contributed by atoms with Crippen molar-refractivity contribution in [3.8, 4) is 11.6 Å². The van der Waals surface area contributed by atoms with Crippen molar-refractivity contribution in [1.82, 2.24) is 15.2 Å². The Labute approximate surface area is 201 Å². The normalized spacial score (nSPS) is 16.6. The summed E-state index contributed by atoms with van der Waals surface area (Å²) in [5, 5.41) is 13.5. The van der Waals surface area contributed by atoms with Crippen LogP contribution in [0.15, 0.2) is 47.6 Å². The first kappa shape index (κ1) is 23.4. The lowest BCUT2D eigenvalue weighted by atomic mass is 10.2. The molecule has 2 aliphatic rings. The van der Waals surface area contributed by atoms with Crippen molar-refractivity contribution in [2.24, 2.45) is 10.9 Å². The van der Waals surface area contributed by atoms with Crippen LogP contribution in [-0.2, 0) is 6.54 Å². The molecule has 0 unspecified atom stereocenters. The van der Waals surface area contributed by atoms with Crippen molar-refractivity contribution in [2.75, 3.05) is 44.2 Å². The maximum atomic E-state index is 10.1. The molecule has 1 aliphatic carbocycles. The molecule has 0 spiro atoms. The highest BCUT2D eigenvalue weighted by molar-refractivity contribution is 14.0. The van der Waals surface area contributed by atoms with E-state index in [4.69, 9.17) is 9.73 Å². The first-order chi connectivity index (χ1) is 14.7. The monoisotopic (exact) mass is 537 g/mol. The van der Waals surface area contributed by atoms with Crippen LogP contribution < -0.4 is 15.0 Å². The lowest BCUT2D eigenvalue weighted by molar-refractivity contribution is 0.288. The SMILES string of the molecule is CCNC(=NCc1ccnc(OCC2CC2)c1)N1CCN(c2ccccc2O)CC1.I. The summed E-state index contributed by atoms with van der Waals surface area (Å²) in [5.74, 6) is 2.66. The molecule has 1 aromatic carbocycles. The van der Waals surface area contributed by atoms with E-state index in [0.29, 0.717) is 24.1 Å². The second-order valence-corrected chi connectivity index (χ2v) is 7.89. The molecule has 0 amide bonds. The molecule has 1 saturated carbocycles. The van der Waals surface area contributed by atoms with E-state index in [0.717, 1.165) is 56.5 Å². The van der Waals surface area contributed by atoms with Gasteiger partial charge < -0.3 is 25.0 Å². The predicted octanol–water partition coefficient (Wildman–Crippen LogP) is 3.48. The molecular formula is C23H32IN5O2. The molecule has 2 N–H and O–H groups in total. The third kappa shape index (κ3) is 6.62. The van der Waals surface area contributed by atoms with Crippen LogP contribution in [0.3, 0.4) is 0 Å². The molecule has 7 nitrogen and oxygen atoms in total. The average Bonchev–Trinajstić information content (AvgIpc) is 3.61.